The van der Waals surface area contributed by atoms with E-state index in [4.69, 9.17) is 9.47 Å². The van der Waals surface area contributed by atoms with E-state index in [1.54, 1.807) is 4.90 Å². The van der Waals surface area contributed by atoms with Crippen molar-refractivity contribution in [3.05, 3.63) is 71.3 Å². The van der Waals surface area contributed by atoms with Crippen LogP contribution in [0, 0.1) is 13.8 Å². The fourth-order valence-electron chi connectivity index (χ4n) is 3.24. The van der Waals surface area contributed by atoms with Gasteiger partial charge in [-0.05, 0) is 54.7 Å². The van der Waals surface area contributed by atoms with E-state index in [0.29, 0.717) is 18.8 Å². The molecule has 1 aliphatic rings. The van der Waals surface area contributed by atoms with Crippen LogP contribution in [0.4, 0.5) is 0 Å². The number of rotatable bonds is 6. The van der Waals surface area contributed by atoms with Crippen molar-refractivity contribution in [2.24, 2.45) is 0 Å². The lowest BCUT2D eigenvalue weighted by atomic mass is 10.00. The first-order valence-electron chi connectivity index (χ1n) is 9.40. The highest BCUT2D eigenvalue weighted by Crippen LogP contribution is 2.22. The molecule has 0 bridgehead atoms. The monoisotopic (exact) mass is 379 g/mol. The zero-order chi connectivity index (χ0) is 19.9. The Bertz CT molecular complexity index is 853. The molecular weight excluding hydrogens is 354 g/mol. The number of hydrogen-bond acceptors (Lipinski definition) is 4. The van der Waals surface area contributed by atoms with Gasteiger partial charge in [-0.3, -0.25) is 4.79 Å². The van der Waals surface area contributed by atoms with E-state index >= 15 is 0 Å². The minimum absolute atomic E-state index is 0.192. The lowest BCUT2D eigenvalue weighted by Gasteiger charge is -2.26. The molecule has 1 heterocycles. The van der Waals surface area contributed by atoms with Crippen LogP contribution in [0.2, 0.25) is 0 Å². The van der Waals surface area contributed by atoms with Crippen LogP contribution in [0.25, 0.3) is 5.57 Å². The molecule has 0 radical (unpaired) electrons. The highest BCUT2D eigenvalue weighted by Gasteiger charge is 2.19. The van der Waals surface area contributed by atoms with Crippen molar-refractivity contribution < 1.29 is 19.1 Å². The van der Waals surface area contributed by atoms with Crippen molar-refractivity contribution in [1.29, 1.82) is 0 Å². The van der Waals surface area contributed by atoms with Gasteiger partial charge in [0.25, 0.3) is 5.91 Å². The van der Waals surface area contributed by atoms with Crippen molar-refractivity contribution in [1.82, 2.24) is 4.90 Å². The van der Waals surface area contributed by atoms with Gasteiger partial charge in [-0.1, -0.05) is 42.5 Å². The lowest BCUT2D eigenvalue weighted by molar-refractivity contribution is -0.153. The first-order valence-corrected chi connectivity index (χ1v) is 9.40. The van der Waals surface area contributed by atoms with E-state index in [0.717, 1.165) is 17.5 Å². The minimum atomic E-state index is -0.551. The molecule has 2 aromatic rings. The normalized spacial score (nSPS) is 13.6. The van der Waals surface area contributed by atoms with Crippen LogP contribution in [0.3, 0.4) is 0 Å². The molecule has 1 amide bonds. The fourth-order valence-corrected chi connectivity index (χ4v) is 3.24. The van der Waals surface area contributed by atoms with E-state index in [9.17, 15) is 9.59 Å². The first kappa shape index (κ1) is 19.7. The predicted molar refractivity (Wildman–Crippen MR) is 108 cm³/mol. The number of amides is 1. The van der Waals surface area contributed by atoms with Gasteiger partial charge < -0.3 is 14.4 Å². The summed E-state index contributed by atoms with van der Waals surface area (Å²) in [6, 6.07) is 15.9. The molecule has 0 saturated carbocycles. The third kappa shape index (κ3) is 5.46. The number of aryl methyl sites for hydroxylation is 2. The molecule has 3 rings (SSSR count). The number of esters is 1. The summed E-state index contributed by atoms with van der Waals surface area (Å²) in [7, 11) is 0. The SMILES string of the molecule is Cc1cc(C)cc(OCC(=O)OCC(=O)N2CC=C(c3ccccc3)CC2)c1. The summed E-state index contributed by atoms with van der Waals surface area (Å²) >= 11 is 0. The van der Waals surface area contributed by atoms with Gasteiger partial charge in [0.1, 0.15) is 5.75 Å². The summed E-state index contributed by atoms with van der Waals surface area (Å²) < 4.78 is 10.5. The molecule has 0 atom stereocenters. The van der Waals surface area contributed by atoms with E-state index in [1.807, 2.05) is 50.2 Å². The predicted octanol–water partition coefficient (Wildman–Crippen LogP) is 3.54. The standard InChI is InChI=1S/C23H25NO4/c1-17-12-18(2)14-21(13-17)27-16-23(26)28-15-22(25)24-10-8-20(9-11-24)19-6-4-3-5-7-19/h3-8,12-14H,9-11,15-16H2,1-2H3. The van der Waals surface area contributed by atoms with Crippen molar-refractivity contribution in [2.75, 3.05) is 26.3 Å². The zero-order valence-electron chi connectivity index (χ0n) is 16.3. The van der Waals surface area contributed by atoms with Gasteiger partial charge in [-0.15, -0.1) is 0 Å². The molecule has 146 valence electrons. The molecular formula is C23H25NO4. The van der Waals surface area contributed by atoms with E-state index in [2.05, 4.69) is 18.2 Å². The molecule has 0 unspecified atom stereocenters. The fraction of sp³-hybridized carbons (Fsp3) is 0.304. The van der Waals surface area contributed by atoms with Gasteiger partial charge in [0.05, 0.1) is 0 Å². The maximum absolute atomic E-state index is 12.3. The lowest BCUT2D eigenvalue weighted by Crippen LogP contribution is -2.38. The van der Waals surface area contributed by atoms with Crippen molar-refractivity contribution >= 4 is 17.4 Å². The highest BCUT2D eigenvalue weighted by atomic mass is 16.6. The molecule has 0 saturated heterocycles. The highest BCUT2D eigenvalue weighted by molar-refractivity contribution is 5.82. The largest absolute Gasteiger partial charge is 0.482 e. The number of ether oxygens (including phenoxy) is 2. The van der Waals surface area contributed by atoms with Crippen LogP contribution in [-0.2, 0) is 14.3 Å². The van der Waals surface area contributed by atoms with Gasteiger partial charge in [-0.2, -0.15) is 0 Å². The zero-order valence-corrected chi connectivity index (χ0v) is 16.3. The Kier molecular flexibility index (Phi) is 6.48. The Hall–Kier alpha value is -3.08. The molecule has 0 N–H and O–H groups in total. The van der Waals surface area contributed by atoms with Crippen LogP contribution in [0.1, 0.15) is 23.1 Å². The molecule has 0 fully saturated rings. The van der Waals surface area contributed by atoms with E-state index in [-0.39, 0.29) is 19.1 Å². The van der Waals surface area contributed by atoms with Crippen LogP contribution in [0.5, 0.6) is 5.75 Å². The Morgan fingerprint density at radius 3 is 2.36 bits per heavy atom. The summed E-state index contributed by atoms with van der Waals surface area (Å²) in [5.74, 6) is -0.122. The molecule has 5 nitrogen and oxygen atoms in total. The van der Waals surface area contributed by atoms with Gasteiger partial charge in [0, 0.05) is 13.1 Å². The Morgan fingerprint density at radius 1 is 1.00 bits per heavy atom. The van der Waals surface area contributed by atoms with E-state index < -0.39 is 5.97 Å². The Labute approximate surface area is 165 Å². The molecule has 1 aliphatic heterocycles. The van der Waals surface area contributed by atoms with Crippen LogP contribution >= 0.6 is 0 Å². The third-order valence-corrected chi connectivity index (χ3v) is 4.61. The summed E-state index contributed by atoms with van der Waals surface area (Å²) in [6.07, 6.45) is 2.85. The topological polar surface area (TPSA) is 55.8 Å². The molecule has 28 heavy (non-hydrogen) atoms. The van der Waals surface area contributed by atoms with Crippen molar-refractivity contribution in [2.45, 2.75) is 20.3 Å². The molecule has 5 heteroatoms. The maximum Gasteiger partial charge on any atom is 0.344 e. The van der Waals surface area contributed by atoms with Gasteiger partial charge in [0.2, 0.25) is 0 Å². The van der Waals surface area contributed by atoms with Crippen LogP contribution < -0.4 is 4.74 Å². The second-order valence-electron chi connectivity index (χ2n) is 6.96. The quantitative estimate of drug-likeness (QED) is 0.721. The molecule has 0 aromatic heterocycles. The number of benzene rings is 2. The average Bonchev–Trinajstić information content (AvgIpc) is 2.70. The minimum Gasteiger partial charge on any atom is -0.482 e. The summed E-state index contributed by atoms with van der Waals surface area (Å²) in [5, 5.41) is 0. The first-order chi connectivity index (χ1) is 13.5. The Balaban J connectivity index is 1.43. The number of nitrogens with zero attached hydrogens (tertiary/aromatic N) is 1. The van der Waals surface area contributed by atoms with Crippen LogP contribution in [-0.4, -0.2) is 43.1 Å². The van der Waals surface area contributed by atoms with E-state index in [1.165, 1.54) is 11.1 Å². The number of carbonyl (C=O) groups excluding carboxylic acids is 2. The van der Waals surface area contributed by atoms with Crippen molar-refractivity contribution in [3.8, 4) is 5.75 Å². The summed E-state index contributed by atoms with van der Waals surface area (Å²) in [4.78, 5) is 25.9. The average molecular weight is 379 g/mol. The third-order valence-electron chi connectivity index (χ3n) is 4.61. The smallest absolute Gasteiger partial charge is 0.344 e. The summed E-state index contributed by atoms with van der Waals surface area (Å²) in [6.45, 7) is 4.61. The molecule has 0 spiro atoms. The number of carbonyl (C=O) groups is 2. The van der Waals surface area contributed by atoms with Crippen LogP contribution in [0.15, 0.2) is 54.6 Å². The number of hydrogen-bond donors (Lipinski definition) is 0. The van der Waals surface area contributed by atoms with Gasteiger partial charge >= 0.3 is 5.97 Å². The second kappa shape index (κ2) is 9.22. The Morgan fingerprint density at radius 2 is 1.71 bits per heavy atom. The molecule has 0 aliphatic carbocycles. The summed E-state index contributed by atoms with van der Waals surface area (Å²) in [5.41, 5.74) is 4.55. The van der Waals surface area contributed by atoms with Gasteiger partial charge in [0.15, 0.2) is 13.2 Å². The van der Waals surface area contributed by atoms with Gasteiger partial charge in [-0.25, -0.2) is 4.79 Å². The van der Waals surface area contributed by atoms with Crippen molar-refractivity contribution in [3.63, 3.8) is 0 Å². The second-order valence-corrected chi connectivity index (χ2v) is 6.96. The molecule has 2 aromatic carbocycles. The maximum atomic E-state index is 12.3.